The van der Waals surface area contributed by atoms with Crippen molar-refractivity contribution in [3.05, 3.63) is 0 Å². The molecule has 0 radical (unpaired) electrons. The fraction of sp³-hybridized carbons (Fsp3) is 1.00. The first-order valence-corrected chi connectivity index (χ1v) is 5.96. The maximum absolute atomic E-state index is 5.41. The van der Waals surface area contributed by atoms with Gasteiger partial charge >= 0.3 is 0 Å². The number of fused-ring (bicyclic) bond motifs is 1. The Morgan fingerprint density at radius 1 is 1.00 bits per heavy atom. The first-order chi connectivity index (χ1) is 6.93. The van der Waals surface area contributed by atoms with Crippen molar-refractivity contribution in [3.63, 3.8) is 0 Å². The van der Waals surface area contributed by atoms with E-state index in [1.807, 2.05) is 0 Å². The number of nitrogens with one attached hydrogen (secondary N) is 1. The van der Waals surface area contributed by atoms with Gasteiger partial charge in [-0.25, -0.2) is 0 Å². The second-order valence-corrected chi connectivity index (χ2v) is 4.98. The van der Waals surface area contributed by atoms with E-state index in [-0.39, 0.29) is 0 Å². The van der Waals surface area contributed by atoms with Gasteiger partial charge in [0.2, 0.25) is 0 Å². The molecule has 2 atom stereocenters. The fourth-order valence-corrected chi connectivity index (χ4v) is 3.24. The molecule has 0 saturated carbocycles. The number of likely N-dealkylation sites (tertiary alicyclic amines) is 1. The molecule has 1 N–H and O–H groups in total. The summed E-state index contributed by atoms with van der Waals surface area (Å²) < 4.78 is 5.41. The van der Waals surface area contributed by atoms with E-state index in [1.165, 1.54) is 39.0 Å². The van der Waals surface area contributed by atoms with Crippen LogP contribution in [0.1, 0.15) is 12.8 Å². The topological polar surface area (TPSA) is 24.5 Å². The second kappa shape index (κ2) is 3.80. The lowest BCUT2D eigenvalue weighted by atomic mass is 10.0. The van der Waals surface area contributed by atoms with Gasteiger partial charge in [-0.05, 0) is 37.8 Å². The Balaban J connectivity index is 1.59. The third-order valence-electron chi connectivity index (χ3n) is 4.12. The van der Waals surface area contributed by atoms with Gasteiger partial charge in [0.05, 0.1) is 0 Å². The van der Waals surface area contributed by atoms with Crippen LogP contribution in [0.25, 0.3) is 0 Å². The first kappa shape index (κ1) is 9.13. The van der Waals surface area contributed by atoms with Crippen LogP contribution in [0, 0.1) is 11.8 Å². The second-order valence-electron chi connectivity index (χ2n) is 4.98. The zero-order valence-electron chi connectivity index (χ0n) is 8.74. The van der Waals surface area contributed by atoms with Crippen molar-refractivity contribution in [2.45, 2.75) is 18.9 Å². The average Bonchev–Trinajstić information content (AvgIpc) is 2.78. The summed E-state index contributed by atoms with van der Waals surface area (Å²) >= 11 is 0. The van der Waals surface area contributed by atoms with Gasteiger partial charge in [0.1, 0.15) is 0 Å². The van der Waals surface area contributed by atoms with E-state index < -0.39 is 0 Å². The van der Waals surface area contributed by atoms with Gasteiger partial charge in [0.15, 0.2) is 0 Å². The van der Waals surface area contributed by atoms with Crippen LogP contribution in [0.15, 0.2) is 0 Å². The highest BCUT2D eigenvalue weighted by atomic mass is 16.5. The van der Waals surface area contributed by atoms with E-state index in [2.05, 4.69) is 10.2 Å². The number of nitrogens with zero attached hydrogens (tertiary/aromatic N) is 1. The van der Waals surface area contributed by atoms with E-state index in [1.54, 1.807) is 0 Å². The Kier molecular flexibility index (Phi) is 2.48. The smallest absolute Gasteiger partial charge is 0.0480 e. The molecule has 3 saturated heterocycles. The standard InChI is InChI=1S/C11H20N2O/c1-3-14-4-2-11(1)13-7-9-5-12-6-10(9)8-13/h9-12H,1-8H2. The summed E-state index contributed by atoms with van der Waals surface area (Å²) in [7, 11) is 0. The Labute approximate surface area is 85.8 Å². The molecule has 0 aromatic carbocycles. The van der Waals surface area contributed by atoms with Crippen molar-refractivity contribution in [2.75, 3.05) is 39.4 Å². The average molecular weight is 196 g/mol. The molecule has 2 unspecified atom stereocenters. The molecule has 3 fully saturated rings. The molecule has 3 heterocycles. The van der Waals surface area contributed by atoms with Crippen LogP contribution in [-0.4, -0.2) is 50.3 Å². The van der Waals surface area contributed by atoms with Gasteiger partial charge in [-0.2, -0.15) is 0 Å². The number of rotatable bonds is 1. The van der Waals surface area contributed by atoms with Crippen LogP contribution in [-0.2, 0) is 4.74 Å². The van der Waals surface area contributed by atoms with E-state index in [0.717, 1.165) is 31.1 Å². The van der Waals surface area contributed by atoms with Crippen LogP contribution >= 0.6 is 0 Å². The Morgan fingerprint density at radius 2 is 1.64 bits per heavy atom. The Morgan fingerprint density at radius 3 is 2.29 bits per heavy atom. The molecule has 0 aromatic rings. The van der Waals surface area contributed by atoms with Gasteiger partial charge in [-0.15, -0.1) is 0 Å². The molecule has 3 rings (SSSR count). The molecular weight excluding hydrogens is 176 g/mol. The summed E-state index contributed by atoms with van der Waals surface area (Å²) in [5.41, 5.74) is 0. The summed E-state index contributed by atoms with van der Waals surface area (Å²) in [6, 6.07) is 0.828. The lowest BCUT2D eigenvalue weighted by molar-refractivity contribution is 0.0399. The molecule has 0 bridgehead atoms. The number of ether oxygens (including phenoxy) is 1. The van der Waals surface area contributed by atoms with Crippen LogP contribution < -0.4 is 5.32 Å². The zero-order valence-corrected chi connectivity index (χ0v) is 8.74. The third kappa shape index (κ3) is 1.58. The van der Waals surface area contributed by atoms with E-state index >= 15 is 0 Å². The molecule has 3 aliphatic heterocycles. The summed E-state index contributed by atoms with van der Waals surface area (Å²) in [5, 5.41) is 3.50. The minimum Gasteiger partial charge on any atom is -0.381 e. The molecule has 80 valence electrons. The van der Waals surface area contributed by atoms with Gasteiger partial charge in [-0.1, -0.05) is 0 Å². The normalized spacial score (nSPS) is 40.3. The highest BCUT2D eigenvalue weighted by molar-refractivity contribution is 4.93. The monoisotopic (exact) mass is 196 g/mol. The fourth-order valence-electron chi connectivity index (χ4n) is 3.24. The van der Waals surface area contributed by atoms with Crippen molar-refractivity contribution >= 4 is 0 Å². The molecule has 0 aromatic heterocycles. The van der Waals surface area contributed by atoms with Gasteiger partial charge < -0.3 is 10.1 Å². The van der Waals surface area contributed by atoms with E-state index in [0.29, 0.717) is 0 Å². The third-order valence-corrected chi connectivity index (χ3v) is 4.12. The minimum absolute atomic E-state index is 0.828. The Hall–Kier alpha value is -0.120. The van der Waals surface area contributed by atoms with E-state index in [9.17, 15) is 0 Å². The van der Waals surface area contributed by atoms with Crippen LogP contribution in [0.4, 0.5) is 0 Å². The highest BCUT2D eigenvalue weighted by Crippen LogP contribution is 2.30. The van der Waals surface area contributed by atoms with Crippen molar-refractivity contribution < 1.29 is 4.74 Å². The number of hydrogen-bond acceptors (Lipinski definition) is 3. The summed E-state index contributed by atoms with van der Waals surface area (Å²) in [4.78, 5) is 2.72. The van der Waals surface area contributed by atoms with Gasteiger partial charge in [0.25, 0.3) is 0 Å². The lowest BCUT2D eigenvalue weighted by Gasteiger charge is -2.31. The first-order valence-electron chi connectivity index (χ1n) is 5.96. The summed E-state index contributed by atoms with van der Waals surface area (Å²) in [6.45, 7) is 7.14. The molecule has 3 heteroatoms. The highest BCUT2D eigenvalue weighted by Gasteiger charge is 2.38. The van der Waals surface area contributed by atoms with Crippen LogP contribution in [0.5, 0.6) is 0 Å². The van der Waals surface area contributed by atoms with Crippen molar-refractivity contribution in [3.8, 4) is 0 Å². The van der Waals surface area contributed by atoms with Crippen molar-refractivity contribution in [1.29, 1.82) is 0 Å². The molecule has 0 amide bonds. The van der Waals surface area contributed by atoms with Gasteiger partial charge in [0, 0.05) is 32.3 Å². The predicted molar refractivity (Wildman–Crippen MR) is 55.3 cm³/mol. The molecule has 3 nitrogen and oxygen atoms in total. The van der Waals surface area contributed by atoms with Crippen molar-refractivity contribution in [2.24, 2.45) is 11.8 Å². The molecule has 3 aliphatic rings. The minimum atomic E-state index is 0.828. The molecule has 0 spiro atoms. The maximum Gasteiger partial charge on any atom is 0.0480 e. The van der Waals surface area contributed by atoms with Crippen LogP contribution in [0.3, 0.4) is 0 Å². The summed E-state index contributed by atoms with van der Waals surface area (Å²) in [6.07, 6.45) is 2.51. The van der Waals surface area contributed by atoms with Gasteiger partial charge in [-0.3, -0.25) is 4.90 Å². The largest absolute Gasteiger partial charge is 0.381 e. The molecule has 14 heavy (non-hydrogen) atoms. The maximum atomic E-state index is 5.41. The molecule has 0 aliphatic carbocycles. The van der Waals surface area contributed by atoms with Crippen molar-refractivity contribution in [1.82, 2.24) is 10.2 Å². The lowest BCUT2D eigenvalue weighted by Crippen LogP contribution is -2.39. The van der Waals surface area contributed by atoms with Crippen LogP contribution in [0.2, 0.25) is 0 Å². The summed E-state index contributed by atoms with van der Waals surface area (Å²) in [5.74, 6) is 1.88. The molecular formula is C11H20N2O. The SMILES string of the molecule is C1CC(N2CC3CNCC3C2)CCO1. The zero-order chi connectivity index (χ0) is 9.38. The quantitative estimate of drug-likeness (QED) is 0.653. The predicted octanol–water partition coefficient (Wildman–Crippen LogP) is 0.317. The van der Waals surface area contributed by atoms with E-state index in [4.69, 9.17) is 4.74 Å². The number of hydrogen-bond donors (Lipinski definition) is 1. The Bertz CT molecular complexity index is 191.